The molecule has 8 heteroatoms. The van der Waals surface area contributed by atoms with E-state index in [1.165, 1.54) is 12.1 Å². The Morgan fingerprint density at radius 1 is 1.30 bits per heavy atom. The number of benzene rings is 1. The van der Waals surface area contributed by atoms with Crippen molar-refractivity contribution in [3.8, 4) is 0 Å². The number of hydrogen-bond acceptors (Lipinski definition) is 6. The van der Waals surface area contributed by atoms with Gasteiger partial charge in [-0.3, -0.25) is 4.79 Å². The molecule has 4 rings (SSSR count). The maximum absolute atomic E-state index is 13.1. The normalized spacial score (nSPS) is 15.0. The third-order valence-corrected chi connectivity index (χ3v) is 4.51. The third-order valence-electron chi connectivity index (χ3n) is 4.51. The Balaban J connectivity index is 1.62. The number of pyridine rings is 1. The van der Waals surface area contributed by atoms with Crippen LogP contribution in [0.1, 0.15) is 18.1 Å². The van der Waals surface area contributed by atoms with Gasteiger partial charge in [0, 0.05) is 29.9 Å². The molecule has 0 saturated heterocycles. The minimum absolute atomic E-state index is 0.00647. The SMILES string of the molecule is CCOC(=O)C1=C(NCc2ccc(F)cc2)OC(=Cc2c[nH]c3ncccc23)C1=O. The zero-order valence-corrected chi connectivity index (χ0v) is 16.1. The quantitative estimate of drug-likeness (QED) is 0.370. The first-order chi connectivity index (χ1) is 14.6. The van der Waals surface area contributed by atoms with Crippen LogP contribution in [0.2, 0.25) is 0 Å². The summed E-state index contributed by atoms with van der Waals surface area (Å²) in [5.74, 6) is -1.70. The summed E-state index contributed by atoms with van der Waals surface area (Å²) in [6.07, 6.45) is 4.91. The van der Waals surface area contributed by atoms with Crippen LogP contribution in [-0.4, -0.2) is 28.3 Å². The summed E-state index contributed by atoms with van der Waals surface area (Å²) < 4.78 is 23.8. The molecular formula is C22H18FN3O4. The zero-order valence-electron chi connectivity index (χ0n) is 16.1. The number of carbonyl (C=O) groups excluding carboxylic acids is 2. The first kappa shape index (κ1) is 19.4. The molecule has 0 atom stereocenters. The molecule has 7 nitrogen and oxygen atoms in total. The summed E-state index contributed by atoms with van der Waals surface area (Å²) in [5.41, 5.74) is 1.92. The summed E-state index contributed by atoms with van der Waals surface area (Å²) in [4.78, 5) is 32.5. The number of nitrogens with zero attached hydrogens (tertiary/aromatic N) is 1. The second-order valence-electron chi connectivity index (χ2n) is 6.49. The number of ether oxygens (including phenoxy) is 2. The highest BCUT2D eigenvalue weighted by atomic mass is 19.1. The molecule has 0 amide bonds. The van der Waals surface area contributed by atoms with Gasteiger partial charge in [-0.1, -0.05) is 12.1 Å². The lowest BCUT2D eigenvalue weighted by Gasteiger charge is -2.09. The molecule has 0 radical (unpaired) electrons. The number of ketones is 1. The minimum Gasteiger partial charge on any atom is -0.462 e. The van der Waals surface area contributed by atoms with Crippen molar-refractivity contribution >= 4 is 28.9 Å². The monoisotopic (exact) mass is 407 g/mol. The lowest BCUT2D eigenvalue weighted by Crippen LogP contribution is -2.19. The van der Waals surface area contributed by atoms with Gasteiger partial charge in [0.25, 0.3) is 0 Å². The molecule has 1 aliphatic rings. The molecule has 3 aromatic rings. The maximum atomic E-state index is 13.1. The number of fused-ring (bicyclic) bond motifs is 1. The number of esters is 1. The number of H-pyrrole nitrogens is 1. The standard InChI is InChI=1S/C22H18FN3O4/c1-2-29-22(28)18-19(27)17(10-14-12-25-20-16(14)4-3-9-24-20)30-21(18)26-11-13-5-7-15(23)8-6-13/h3-10,12,26H,2,11H2,1H3,(H,24,25). The molecule has 0 saturated carbocycles. The molecule has 1 aromatic carbocycles. The average Bonchev–Trinajstić information content (AvgIpc) is 3.29. The van der Waals surface area contributed by atoms with Crippen LogP contribution >= 0.6 is 0 Å². The number of carbonyl (C=O) groups is 2. The topological polar surface area (TPSA) is 93.3 Å². The minimum atomic E-state index is -0.770. The highest BCUT2D eigenvalue weighted by Gasteiger charge is 2.36. The van der Waals surface area contributed by atoms with Crippen LogP contribution in [0.15, 0.2) is 66.0 Å². The number of hydrogen-bond donors (Lipinski definition) is 2. The zero-order chi connectivity index (χ0) is 21.1. The Kier molecular flexibility index (Phi) is 5.30. The number of rotatable bonds is 6. The van der Waals surface area contributed by atoms with Gasteiger partial charge >= 0.3 is 5.97 Å². The van der Waals surface area contributed by atoms with E-state index < -0.39 is 11.8 Å². The Bertz CT molecular complexity index is 1180. The van der Waals surface area contributed by atoms with Gasteiger partial charge in [0.1, 0.15) is 11.5 Å². The van der Waals surface area contributed by atoms with E-state index in [0.29, 0.717) is 11.2 Å². The number of aromatic nitrogens is 2. The molecule has 30 heavy (non-hydrogen) atoms. The van der Waals surface area contributed by atoms with E-state index in [2.05, 4.69) is 15.3 Å². The van der Waals surface area contributed by atoms with Gasteiger partial charge in [0.2, 0.25) is 11.7 Å². The lowest BCUT2D eigenvalue weighted by molar-refractivity contribution is -0.139. The van der Waals surface area contributed by atoms with Crippen LogP contribution in [0.4, 0.5) is 4.39 Å². The summed E-state index contributed by atoms with van der Waals surface area (Å²) in [6.45, 7) is 2.00. The van der Waals surface area contributed by atoms with E-state index in [4.69, 9.17) is 9.47 Å². The van der Waals surface area contributed by atoms with Gasteiger partial charge in [-0.2, -0.15) is 0 Å². The fourth-order valence-corrected chi connectivity index (χ4v) is 3.06. The number of allylic oxidation sites excluding steroid dienone is 1. The van der Waals surface area contributed by atoms with Crippen molar-refractivity contribution in [1.29, 1.82) is 0 Å². The number of halogens is 1. The van der Waals surface area contributed by atoms with E-state index in [9.17, 15) is 14.0 Å². The van der Waals surface area contributed by atoms with Crippen molar-refractivity contribution < 1.29 is 23.5 Å². The van der Waals surface area contributed by atoms with Crippen LogP contribution in [-0.2, 0) is 25.6 Å². The van der Waals surface area contributed by atoms with E-state index >= 15 is 0 Å². The number of Topliss-reactive ketones (excluding diaryl/α,β-unsaturated/α-hetero) is 1. The predicted molar refractivity (Wildman–Crippen MR) is 107 cm³/mol. The van der Waals surface area contributed by atoms with Crippen molar-refractivity contribution in [2.24, 2.45) is 0 Å². The van der Waals surface area contributed by atoms with Crippen molar-refractivity contribution in [3.63, 3.8) is 0 Å². The van der Waals surface area contributed by atoms with Crippen LogP contribution in [0.25, 0.3) is 17.1 Å². The lowest BCUT2D eigenvalue weighted by atomic mass is 10.1. The van der Waals surface area contributed by atoms with E-state index in [-0.39, 0.29) is 36.2 Å². The van der Waals surface area contributed by atoms with E-state index in [1.54, 1.807) is 43.6 Å². The van der Waals surface area contributed by atoms with Crippen LogP contribution in [0.3, 0.4) is 0 Å². The molecule has 152 valence electrons. The largest absolute Gasteiger partial charge is 0.462 e. The van der Waals surface area contributed by atoms with E-state index in [1.807, 2.05) is 6.07 Å². The average molecular weight is 407 g/mol. The number of aromatic amines is 1. The van der Waals surface area contributed by atoms with Crippen molar-refractivity contribution in [1.82, 2.24) is 15.3 Å². The summed E-state index contributed by atoms with van der Waals surface area (Å²) in [6, 6.07) is 9.49. The fraction of sp³-hybridized carbons (Fsp3) is 0.136. The van der Waals surface area contributed by atoms with Gasteiger partial charge in [-0.25, -0.2) is 14.2 Å². The second kappa shape index (κ2) is 8.20. The van der Waals surface area contributed by atoms with Gasteiger partial charge in [0.05, 0.1) is 6.61 Å². The van der Waals surface area contributed by atoms with Gasteiger partial charge < -0.3 is 19.8 Å². The van der Waals surface area contributed by atoms with Crippen molar-refractivity contribution in [2.75, 3.05) is 6.61 Å². The highest BCUT2D eigenvalue weighted by molar-refractivity contribution is 6.26. The summed E-state index contributed by atoms with van der Waals surface area (Å²) in [7, 11) is 0. The van der Waals surface area contributed by atoms with Crippen LogP contribution < -0.4 is 5.32 Å². The van der Waals surface area contributed by atoms with E-state index in [0.717, 1.165) is 10.9 Å². The highest BCUT2D eigenvalue weighted by Crippen LogP contribution is 2.28. The van der Waals surface area contributed by atoms with Gasteiger partial charge in [0.15, 0.2) is 11.3 Å². The first-order valence-corrected chi connectivity index (χ1v) is 9.33. The van der Waals surface area contributed by atoms with Gasteiger partial charge in [-0.05, 0) is 42.8 Å². The van der Waals surface area contributed by atoms with Crippen LogP contribution in [0.5, 0.6) is 0 Å². The Morgan fingerprint density at radius 3 is 2.87 bits per heavy atom. The third kappa shape index (κ3) is 3.80. The molecule has 0 spiro atoms. The van der Waals surface area contributed by atoms with Crippen LogP contribution in [0, 0.1) is 5.82 Å². The molecule has 2 N–H and O–H groups in total. The van der Waals surface area contributed by atoms with Crippen molar-refractivity contribution in [2.45, 2.75) is 13.5 Å². The fourth-order valence-electron chi connectivity index (χ4n) is 3.06. The molecule has 1 aliphatic heterocycles. The van der Waals surface area contributed by atoms with Crippen molar-refractivity contribution in [3.05, 3.63) is 83.0 Å². The smallest absolute Gasteiger partial charge is 0.347 e. The molecule has 2 aromatic heterocycles. The summed E-state index contributed by atoms with van der Waals surface area (Å²) >= 11 is 0. The molecule has 0 aliphatic carbocycles. The molecular weight excluding hydrogens is 389 g/mol. The molecule has 0 unspecified atom stereocenters. The Morgan fingerprint density at radius 2 is 2.10 bits per heavy atom. The maximum Gasteiger partial charge on any atom is 0.347 e. The molecule has 0 fully saturated rings. The summed E-state index contributed by atoms with van der Waals surface area (Å²) in [5, 5.41) is 3.75. The predicted octanol–water partition coefficient (Wildman–Crippen LogP) is 3.21. The Hall–Kier alpha value is -3.94. The number of nitrogens with one attached hydrogen (secondary N) is 2. The Labute approximate surface area is 171 Å². The molecule has 0 bridgehead atoms. The second-order valence-corrected chi connectivity index (χ2v) is 6.49. The first-order valence-electron chi connectivity index (χ1n) is 9.33. The van der Waals surface area contributed by atoms with Gasteiger partial charge in [-0.15, -0.1) is 0 Å². The molecule has 3 heterocycles.